The van der Waals surface area contributed by atoms with Crippen LogP contribution in [-0.4, -0.2) is 28.9 Å². The van der Waals surface area contributed by atoms with E-state index in [9.17, 15) is 9.59 Å². The average molecular weight is 291 g/mol. The highest BCUT2D eigenvalue weighted by molar-refractivity contribution is 6.07. The number of carbonyl (C=O) groups is 2. The zero-order valence-corrected chi connectivity index (χ0v) is 12.2. The lowest BCUT2D eigenvalue weighted by molar-refractivity contribution is -0.132. The Hall–Kier alpha value is -1.82. The summed E-state index contributed by atoms with van der Waals surface area (Å²) in [6, 6.07) is 2.78. The molecule has 1 aromatic heterocycles. The molecule has 1 aliphatic carbocycles. The van der Waals surface area contributed by atoms with Crippen molar-refractivity contribution in [2.45, 2.75) is 50.6 Å². The summed E-state index contributed by atoms with van der Waals surface area (Å²) < 4.78 is 5.47. The van der Waals surface area contributed by atoms with E-state index in [0.717, 1.165) is 37.9 Å². The monoisotopic (exact) mass is 291 g/mol. The Balaban J connectivity index is 1.73. The fourth-order valence-corrected chi connectivity index (χ4v) is 3.28. The lowest BCUT2D eigenvalue weighted by Crippen LogP contribution is -2.48. The van der Waals surface area contributed by atoms with Crippen molar-refractivity contribution >= 4 is 11.9 Å². The van der Waals surface area contributed by atoms with Crippen LogP contribution in [0.4, 0.5) is 4.79 Å². The van der Waals surface area contributed by atoms with Crippen molar-refractivity contribution in [2.24, 2.45) is 5.73 Å². The zero-order valence-electron chi connectivity index (χ0n) is 12.2. The number of carbonyl (C=O) groups excluding carboxylic acids is 2. The van der Waals surface area contributed by atoms with Crippen molar-refractivity contribution < 1.29 is 14.0 Å². The third-order valence-corrected chi connectivity index (χ3v) is 4.46. The smallest absolute Gasteiger partial charge is 0.325 e. The quantitative estimate of drug-likeness (QED) is 0.832. The topological polar surface area (TPSA) is 88.6 Å². The van der Waals surface area contributed by atoms with Crippen LogP contribution in [0, 0.1) is 6.92 Å². The van der Waals surface area contributed by atoms with Gasteiger partial charge in [0.15, 0.2) is 0 Å². The highest BCUT2D eigenvalue weighted by atomic mass is 16.3. The van der Waals surface area contributed by atoms with Crippen molar-refractivity contribution in [3.05, 3.63) is 23.7 Å². The molecule has 1 saturated heterocycles. The lowest BCUT2D eigenvalue weighted by atomic mass is 9.82. The normalized spacial score (nSPS) is 22.7. The number of rotatable bonds is 3. The van der Waals surface area contributed by atoms with Gasteiger partial charge in [0.2, 0.25) is 0 Å². The molecule has 3 amide bonds. The first-order chi connectivity index (χ1) is 10.0. The van der Waals surface area contributed by atoms with Crippen LogP contribution in [0.2, 0.25) is 0 Å². The van der Waals surface area contributed by atoms with E-state index in [-0.39, 0.29) is 18.5 Å². The van der Waals surface area contributed by atoms with Crippen LogP contribution in [0.5, 0.6) is 0 Å². The number of aryl methyl sites for hydroxylation is 1. The molecule has 2 fully saturated rings. The summed E-state index contributed by atoms with van der Waals surface area (Å²) in [5.41, 5.74) is 5.38. The number of nitrogens with one attached hydrogen (secondary N) is 1. The van der Waals surface area contributed by atoms with E-state index >= 15 is 0 Å². The van der Waals surface area contributed by atoms with Crippen LogP contribution in [0.25, 0.3) is 0 Å². The van der Waals surface area contributed by atoms with Gasteiger partial charge in [-0.25, -0.2) is 4.79 Å². The molecule has 6 nitrogen and oxygen atoms in total. The first-order valence-electron chi connectivity index (χ1n) is 7.48. The second-order valence-electron chi connectivity index (χ2n) is 6.04. The molecule has 3 N–H and O–H groups in total. The molecule has 1 spiro atoms. The van der Waals surface area contributed by atoms with Crippen LogP contribution >= 0.6 is 0 Å². The summed E-state index contributed by atoms with van der Waals surface area (Å²) in [5, 5.41) is 2.88. The second kappa shape index (κ2) is 5.18. The molecule has 2 heterocycles. The highest BCUT2D eigenvalue weighted by Gasteiger charge is 2.51. The van der Waals surface area contributed by atoms with Gasteiger partial charge in [-0.2, -0.15) is 0 Å². The lowest BCUT2D eigenvalue weighted by Gasteiger charge is -2.30. The molecule has 0 aromatic carbocycles. The molecule has 0 bridgehead atoms. The Bertz CT molecular complexity index is 560. The van der Waals surface area contributed by atoms with Crippen LogP contribution in [0.15, 0.2) is 16.5 Å². The number of urea groups is 1. The molecule has 2 aliphatic rings. The predicted molar refractivity (Wildman–Crippen MR) is 76.4 cm³/mol. The SMILES string of the molecule is Cc1ccc(C(N)CN2C(=O)NC3(CCCCC3)C2=O)o1. The number of nitrogens with two attached hydrogens (primary N) is 1. The predicted octanol–water partition coefficient (Wildman–Crippen LogP) is 1.84. The van der Waals surface area contributed by atoms with E-state index < -0.39 is 11.6 Å². The van der Waals surface area contributed by atoms with Crippen LogP contribution in [0.3, 0.4) is 0 Å². The van der Waals surface area contributed by atoms with Crippen molar-refractivity contribution in [2.75, 3.05) is 6.54 Å². The zero-order chi connectivity index (χ0) is 15.0. The van der Waals surface area contributed by atoms with E-state index in [1.165, 1.54) is 4.90 Å². The minimum atomic E-state index is -0.686. The minimum absolute atomic E-state index is 0.133. The van der Waals surface area contributed by atoms with Gasteiger partial charge >= 0.3 is 6.03 Å². The van der Waals surface area contributed by atoms with Crippen LogP contribution < -0.4 is 11.1 Å². The van der Waals surface area contributed by atoms with Crippen LogP contribution in [-0.2, 0) is 4.79 Å². The summed E-state index contributed by atoms with van der Waals surface area (Å²) in [6.45, 7) is 1.99. The Morgan fingerprint density at radius 2 is 2.05 bits per heavy atom. The van der Waals surface area contributed by atoms with Gasteiger partial charge in [-0.15, -0.1) is 0 Å². The molecule has 21 heavy (non-hydrogen) atoms. The van der Waals surface area contributed by atoms with Crippen LogP contribution in [0.1, 0.15) is 49.7 Å². The number of nitrogens with zero attached hydrogens (tertiary/aromatic N) is 1. The Morgan fingerprint density at radius 3 is 2.67 bits per heavy atom. The van der Waals surface area contributed by atoms with Crippen molar-refractivity contribution in [1.29, 1.82) is 0 Å². The molecule has 1 aromatic rings. The molecule has 3 rings (SSSR count). The molecule has 1 atom stereocenters. The van der Waals surface area contributed by atoms with E-state index in [0.29, 0.717) is 5.76 Å². The number of amides is 3. The molecule has 1 saturated carbocycles. The van der Waals surface area contributed by atoms with E-state index in [4.69, 9.17) is 10.2 Å². The Labute approximate surface area is 123 Å². The molecule has 6 heteroatoms. The number of imide groups is 1. The highest BCUT2D eigenvalue weighted by Crippen LogP contribution is 2.34. The Morgan fingerprint density at radius 1 is 1.33 bits per heavy atom. The number of hydrogen-bond acceptors (Lipinski definition) is 4. The summed E-state index contributed by atoms with van der Waals surface area (Å²) in [5.74, 6) is 1.23. The van der Waals surface area contributed by atoms with E-state index in [1.807, 2.05) is 13.0 Å². The summed E-state index contributed by atoms with van der Waals surface area (Å²) >= 11 is 0. The number of hydrogen-bond donors (Lipinski definition) is 2. The maximum Gasteiger partial charge on any atom is 0.325 e. The largest absolute Gasteiger partial charge is 0.465 e. The van der Waals surface area contributed by atoms with Gasteiger partial charge in [0.05, 0.1) is 12.6 Å². The minimum Gasteiger partial charge on any atom is -0.465 e. The summed E-state index contributed by atoms with van der Waals surface area (Å²) in [4.78, 5) is 26.0. The molecule has 0 radical (unpaired) electrons. The summed E-state index contributed by atoms with van der Waals surface area (Å²) in [6.07, 6.45) is 4.52. The average Bonchev–Trinajstić information content (AvgIpc) is 2.98. The van der Waals surface area contributed by atoms with Gasteiger partial charge < -0.3 is 15.5 Å². The van der Waals surface area contributed by atoms with Gasteiger partial charge in [-0.3, -0.25) is 9.69 Å². The van der Waals surface area contributed by atoms with Gasteiger partial charge in [0, 0.05) is 0 Å². The maximum atomic E-state index is 12.6. The summed E-state index contributed by atoms with van der Waals surface area (Å²) in [7, 11) is 0. The Kier molecular flexibility index (Phi) is 3.49. The van der Waals surface area contributed by atoms with Crippen molar-refractivity contribution in [3.63, 3.8) is 0 Å². The fourth-order valence-electron chi connectivity index (χ4n) is 3.28. The first-order valence-corrected chi connectivity index (χ1v) is 7.48. The van der Waals surface area contributed by atoms with E-state index in [1.54, 1.807) is 6.07 Å². The third kappa shape index (κ3) is 2.44. The standard InChI is InChI=1S/C15H21N3O3/c1-10-5-6-12(21-10)11(16)9-18-13(19)15(17-14(18)20)7-3-2-4-8-15/h5-6,11H,2-4,7-9,16H2,1H3,(H,17,20). The molecule has 1 aliphatic heterocycles. The first kappa shape index (κ1) is 14.1. The molecule has 114 valence electrons. The van der Waals surface area contributed by atoms with Gasteiger partial charge in [0.25, 0.3) is 5.91 Å². The second-order valence-corrected chi connectivity index (χ2v) is 6.04. The van der Waals surface area contributed by atoms with Gasteiger partial charge in [-0.05, 0) is 31.9 Å². The third-order valence-electron chi connectivity index (χ3n) is 4.46. The molecular formula is C15H21N3O3. The molecule has 1 unspecified atom stereocenters. The van der Waals surface area contributed by atoms with Crippen molar-refractivity contribution in [1.82, 2.24) is 10.2 Å². The van der Waals surface area contributed by atoms with Gasteiger partial charge in [-0.1, -0.05) is 19.3 Å². The fraction of sp³-hybridized carbons (Fsp3) is 0.600. The van der Waals surface area contributed by atoms with Crippen molar-refractivity contribution in [3.8, 4) is 0 Å². The van der Waals surface area contributed by atoms with Gasteiger partial charge in [0.1, 0.15) is 17.1 Å². The maximum absolute atomic E-state index is 12.6. The van der Waals surface area contributed by atoms with E-state index in [2.05, 4.69) is 5.32 Å². The molecular weight excluding hydrogens is 270 g/mol. The number of furan rings is 1.